The number of aliphatic hydroxyl groups excluding tert-OH is 1. The van der Waals surface area contributed by atoms with Crippen LogP contribution in [0.5, 0.6) is 0 Å². The van der Waals surface area contributed by atoms with Gasteiger partial charge in [0.1, 0.15) is 5.69 Å². The molecule has 0 atom stereocenters. The van der Waals surface area contributed by atoms with Crippen molar-refractivity contribution in [2.45, 2.75) is 58.1 Å². The number of aromatic nitrogens is 3. The van der Waals surface area contributed by atoms with Crippen LogP contribution in [0.1, 0.15) is 50.6 Å². The summed E-state index contributed by atoms with van der Waals surface area (Å²) in [6, 6.07) is 0. The highest BCUT2D eigenvalue weighted by molar-refractivity contribution is 5.01. The van der Waals surface area contributed by atoms with Gasteiger partial charge in [-0.05, 0) is 68.1 Å². The Morgan fingerprint density at radius 3 is 2.32 bits per heavy atom. The maximum atomic E-state index is 9.03. The fourth-order valence-corrected chi connectivity index (χ4v) is 5.47. The molecule has 1 aromatic rings. The lowest BCUT2D eigenvalue weighted by molar-refractivity contribution is -0.0596. The summed E-state index contributed by atoms with van der Waals surface area (Å²) < 4.78 is 1.92. The van der Waals surface area contributed by atoms with Gasteiger partial charge in [-0.2, -0.15) is 0 Å². The Bertz CT molecular complexity index is 432. The Labute approximate surface area is 114 Å². The Balaban J connectivity index is 1.44. The van der Waals surface area contributed by atoms with Gasteiger partial charge in [0.15, 0.2) is 0 Å². The van der Waals surface area contributed by atoms with E-state index >= 15 is 0 Å². The zero-order chi connectivity index (χ0) is 12.9. The van der Waals surface area contributed by atoms with Crippen molar-refractivity contribution in [1.29, 1.82) is 0 Å². The Morgan fingerprint density at radius 2 is 1.79 bits per heavy atom. The van der Waals surface area contributed by atoms with Crippen LogP contribution in [-0.2, 0) is 13.2 Å². The highest BCUT2D eigenvalue weighted by atomic mass is 16.3. The van der Waals surface area contributed by atoms with Crippen molar-refractivity contribution in [3.05, 3.63) is 11.9 Å². The first-order valence-corrected chi connectivity index (χ1v) is 7.74. The van der Waals surface area contributed by atoms with Crippen molar-refractivity contribution in [2.24, 2.45) is 23.2 Å². The van der Waals surface area contributed by atoms with Crippen molar-refractivity contribution >= 4 is 0 Å². The van der Waals surface area contributed by atoms with E-state index in [-0.39, 0.29) is 6.61 Å². The molecule has 104 valence electrons. The first-order valence-electron chi connectivity index (χ1n) is 7.74. The van der Waals surface area contributed by atoms with Gasteiger partial charge < -0.3 is 5.11 Å². The van der Waals surface area contributed by atoms with Crippen molar-refractivity contribution in [3.8, 4) is 0 Å². The summed E-state index contributed by atoms with van der Waals surface area (Å²) in [5.41, 5.74) is 1.30. The summed E-state index contributed by atoms with van der Waals surface area (Å²) in [7, 11) is 0. The predicted octanol–water partition coefficient (Wildman–Crippen LogP) is 2.38. The minimum absolute atomic E-state index is 0.00261. The molecule has 0 amide bonds. The van der Waals surface area contributed by atoms with Crippen molar-refractivity contribution in [3.63, 3.8) is 0 Å². The fraction of sp³-hybridized carbons (Fsp3) is 0.867. The van der Waals surface area contributed by atoms with E-state index in [2.05, 4.69) is 10.3 Å². The van der Waals surface area contributed by atoms with Crippen LogP contribution in [0.2, 0.25) is 0 Å². The minimum Gasteiger partial charge on any atom is -0.390 e. The monoisotopic (exact) mass is 261 g/mol. The molecule has 4 aliphatic rings. The topological polar surface area (TPSA) is 50.9 Å². The van der Waals surface area contributed by atoms with Crippen LogP contribution in [0.15, 0.2) is 6.20 Å². The van der Waals surface area contributed by atoms with E-state index in [9.17, 15) is 0 Å². The maximum Gasteiger partial charge on any atom is 0.108 e. The molecular formula is C15H23N3O. The number of aryl methyl sites for hydroxylation is 1. The molecule has 4 nitrogen and oxygen atoms in total. The molecule has 1 aromatic heterocycles. The third kappa shape index (κ3) is 2.10. The molecule has 4 aliphatic carbocycles. The Hall–Kier alpha value is -0.900. The smallest absolute Gasteiger partial charge is 0.108 e. The van der Waals surface area contributed by atoms with Gasteiger partial charge in [0.25, 0.3) is 0 Å². The number of hydrogen-bond donors (Lipinski definition) is 1. The standard InChI is InChI=1S/C15H23N3O/c19-10-14-9-18(17-16-14)2-1-15-6-11-3-12(7-15)5-13(4-11)8-15/h9,11-13,19H,1-8,10H2. The van der Waals surface area contributed by atoms with Gasteiger partial charge in [-0.15, -0.1) is 5.10 Å². The van der Waals surface area contributed by atoms with Gasteiger partial charge in [0, 0.05) is 6.54 Å². The second-order valence-electron chi connectivity index (χ2n) is 7.30. The zero-order valence-corrected chi connectivity index (χ0v) is 11.5. The van der Waals surface area contributed by atoms with Gasteiger partial charge in [-0.3, -0.25) is 4.68 Å². The second-order valence-corrected chi connectivity index (χ2v) is 7.30. The molecular weight excluding hydrogens is 238 g/mol. The second kappa shape index (κ2) is 4.30. The lowest BCUT2D eigenvalue weighted by atomic mass is 9.49. The van der Waals surface area contributed by atoms with Gasteiger partial charge in [0.05, 0.1) is 12.8 Å². The highest BCUT2D eigenvalue weighted by Gasteiger charge is 2.50. The van der Waals surface area contributed by atoms with Crippen LogP contribution in [0.3, 0.4) is 0 Å². The Kier molecular flexibility index (Phi) is 2.69. The predicted molar refractivity (Wildman–Crippen MR) is 71.2 cm³/mol. The normalized spacial score (nSPS) is 39.9. The quantitative estimate of drug-likeness (QED) is 0.905. The summed E-state index contributed by atoms with van der Waals surface area (Å²) in [5.74, 6) is 3.07. The zero-order valence-electron chi connectivity index (χ0n) is 11.5. The summed E-state index contributed by atoms with van der Waals surface area (Å²) in [6.45, 7) is 0.969. The molecule has 0 radical (unpaired) electrons. The third-order valence-corrected chi connectivity index (χ3v) is 5.78. The van der Waals surface area contributed by atoms with E-state index in [1.807, 2.05) is 10.9 Å². The van der Waals surface area contributed by atoms with E-state index in [0.717, 1.165) is 24.3 Å². The van der Waals surface area contributed by atoms with E-state index in [0.29, 0.717) is 11.1 Å². The molecule has 4 bridgehead atoms. The molecule has 4 fully saturated rings. The molecule has 0 aromatic carbocycles. The van der Waals surface area contributed by atoms with E-state index in [1.54, 1.807) is 0 Å². The van der Waals surface area contributed by atoms with Crippen molar-refractivity contribution < 1.29 is 5.11 Å². The first kappa shape index (κ1) is 11.9. The van der Waals surface area contributed by atoms with Gasteiger partial charge in [0.2, 0.25) is 0 Å². The molecule has 5 rings (SSSR count). The molecule has 0 aliphatic heterocycles. The maximum absolute atomic E-state index is 9.03. The van der Waals surface area contributed by atoms with Gasteiger partial charge in [-0.1, -0.05) is 5.21 Å². The number of hydrogen-bond acceptors (Lipinski definition) is 3. The molecule has 0 saturated heterocycles. The van der Waals surface area contributed by atoms with Crippen LogP contribution in [-0.4, -0.2) is 20.1 Å². The van der Waals surface area contributed by atoms with Gasteiger partial charge >= 0.3 is 0 Å². The highest BCUT2D eigenvalue weighted by Crippen LogP contribution is 2.61. The van der Waals surface area contributed by atoms with E-state index in [4.69, 9.17) is 5.11 Å². The molecule has 1 heterocycles. The third-order valence-electron chi connectivity index (χ3n) is 5.78. The molecule has 1 N–H and O–H groups in total. The SMILES string of the molecule is OCc1cn(CCC23CC4CC(CC(C4)C2)C3)nn1. The molecule has 4 heteroatoms. The molecule has 19 heavy (non-hydrogen) atoms. The fourth-order valence-electron chi connectivity index (χ4n) is 5.47. The number of aliphatic hydroxyl groups is 1. The van der Waals surface area contributed by atoms with E-state index in [1.165, 1.54) is 44.9 Å². The lowest BCUT2D eigenvalue weighted by Gasteiger charge is -2.57. The summed E-state index contributed by atoms with van der Waals surface area (Å²) in [6.07, 6.45) is 12.1. The summed E-state index contributed by atoms with van der Waals surface area (Å²) >= 11 is 0. The van der Waals surface area contributed by atoms with Crippen LogP contribution in [0.4, 0.5) is 0 Å². The summed E-state index contributed by atoms with van der Waals surface area (Å²) in [5, 5.41) is 17.1. The first-order chi connectivity index (χ1) is 9.25. The van der Waals surface area contributed by atoms with Crippen LogP contribution in [0.25, 0.3) is 0 Å². The lowest BCUT2D eigenvalue weighted by Crippen LogP contribution is -2.46. The summed E-state index contributed by atoms with van der Waals surface area (Å²) in [4.78, 5) is 0. The molecule has 0 unspecified atom stereocenters. The largest absolute Gasteiger partial charge is 0.390 e. The van der Waals surface area contributed by atoms with Crippen LogP contribution >= 0.6 is 0 Å². The molecule has 0 spiro atoms. The molecule has 4 saturated carbocycles. The number of nitrogens with zero attached hydrogens (tertiary/aromatic N) is 3. The number of rotatable bonds is 4. The minimum atomic E-state index is -0.00261. The van der Waals surface area contributed by atoms with Crippen LogP contribution < -0.4 is 0 Å². The van der Waals surface area contributed by atoms with Gasteiger partial charge in [-0.25, -0.2) is 0 Å². The average molecular weight is 261 g/mol. The van der Waals surface area contributed by atoms with Crippen LogP contribution in [0, 0.1) is 23.2 Å². The van der Waals surface area contributed by atoms with Crippen molar-refractivity contribution in [2.75, 3.05) is 0 Å². The van der Waals surface area contributed by atoms with Crippen molar-refractivity contribution in [1.82, 2.24) is 15.0 Å². The van der Waals surface area contributed by atoms with E-state index < -0.39 is 0 Å². The average Bonchev–Trinajstić information content (AvgIpc) is 2.83. The Morgan fingerprint density at radius 1 is 1.16 bits per heavy atom.